The largest absolute Gasteiger partial charge is 0.382 e. The molecule has 0 atom stereocenters. The van der Waals surface area contributed by atoms with Gasteiger partial charge in [-0.3, -0.25) is 4.68 Å². The molecule has 0 amide bonds. The van der Waals surface area contributed by atoms with E-state index in [9.17, 15) is 0 Å². The van der Waals surface area contributed by atoms with Gasteiger partial charge >= 0.3 is 0 Å². The van der Waals surface area contributed by atoms with Gasteiger partial charge in [-0.1, -0.05) is 12.1 Å². The molecule has 0 spiro atoms. The summed E-state index contributed by atoms with van der Waals surface area (Å²) in [7, 11) is 0. The molecule has 1 saturated heterocycles. The van der Waals surface area contributed by atoms with Crippen LogP contribution >= 0.6 is 11.6 Å². The number of anilines is 1. The van der Waals surface area contributed by atoms with Crippen molar-refractivity contribution >= 4 is 28.3 Å². The third kappa shape index (κ3) is 2.91. The zero-order chi connectivity index (χ0) is 13.9. The van der Waals surface area contributed by atoms with Gasteiger partial charge in [0.05, 0.1) is 5.52 Å². The van der Waals surface area contributed by atoms with Crippen molar-refractivity contribution in [2.45, 2.75) is 31.2 Å². The van der Waals surface area contributed by atoms with E-state index in [0.717, 1.165) is 56.3 Å². The van der Waals surface area contributed by atoms with E-state index in [4.69, 9.17) is 17.3 Å². The fourth-order valence-corrected chi connectivity index (χ4v) is 3.09. The number of aromatic nitrogens is 2. The van der Waals surface area contributed by atoms with Crippen molar-refractivity contribution in [3.8, 4) is 0 Å². The summed E-state index contributed by atoms with van der Waals surface area (Å²) in [5, 5.41) is 5.87. The van der Waals surface area contributed by atoms with E-state index in [1.807, 2.05) is 22.9 Å². The number of halogens is 1. The normalized spacial score (nSPS) is 17.9. The van der Waals surface area contributed by atoms with Gasteiger partial charge in [0, 0.05) is 17.3 Å². The van der Waals surface area contributed by atoms with Crippen LogP contribution in [0.1, 0.15) is 19.3 Å². The Kier molecular flexibility index (Phi) is 4.13. The number of para-hydroxylation sites is 1. The van der Waals surface area contributed by atoms with Gasteiger partial charge in [0.15, 0.2) is 5.82 Å². The van der Waals surface area contributed by atoms with E-state index in [1.54, 1.807) is 0 Å². The Balaban J connectivity index is 1.57. The molecule has 108 valence electrons. The summed E-state index contributed by atoms with van der Waals surface area (Å²) in [4.78, 5) is 2.49. The number of nitrogens with zero attached hydrogens (tertiary/aromatic N) is 3. The number of alkyl halides is 1. The highest BCUT2D eigenvalue weighted by Gasteiger charge is 2.16. The number of hydrogen-bond acceptors (Lipinski definition) is 3. The topological polar surface area (TPSA) is 47.1 Å². The number of piperidine rings is 1. The zero-order valence-corrected chi connectivity index (χ0v) is 12.4. The van der Waals surface area contributed by atoms with Gasteiger partial charge in [0.25, 0.3) is 0 Å². The van der Waals surface area contributed by atoms with Crippen LogP contribution in [-0.2, 0) is 6.54 Å². The van der Waals surface area contributed by atoms with Crippen LogP contribution < -0.4 is 5.73 Å². The summed E-state index contributed by atoms with van der Waals surface area (Å²) in [6.45, 7) is 4.27. The van der Waals surface area contributed by atoms with Crippen molar-refractivity contribution in [1.82, 2.24) is 14.7 Å². The minimum absolute atomic E-state index is 0.376. The molecule has 3 rings (SSSR count). The average molecular weight is 293 g/mol. The maximum atomic E-state index is 6.13. The van der Waals surface area contributed by atoms with Crippen LogP contribution in [0.3, 0.4) is 0 Å². The van der Waals surface area contributed by atoms with Crippen LogP contribution in [0.5, 0.6) is 0 Å². The third-order valence-corrected chi connectivity index (χ3v) is 4.48. The molecule has 1 aromatic carbocycles. The summed E-state index contributed by atoms with van der Waals surface area (Å²) in [6, 6.07) is 8.14. The Morgan fingerprint density at radius 2 is 1.95 bits per heavy atom. The SMILES string of the molecule is Nc1nn(CCCN2CCC(Cl)CC2)c2ccccc12. The number of rotatable bonds is 4. The van der Waals surface area contributed by atoms with Crippen LogP contribution in [0.2, 0.25) is 0 Å². The highest BCUT2D eigenvalue weighted by Crippen LogP contribution is 2.20. The van der Waals surface area contributed by atoms with Gasteiger partial charge in [0.2, 0.25) is 0 Å². The Morgan fingerprint density at radius 1 is 1.20 bits per heavy atom. The number of fused-ring (bicyclic) bond motifs is 1. The minimum atomic E-state index is 0.376. The monoisotopic (exact) mass is 292 g/mol. The van der Waals surface area contributed by atoms with Gasteiger partial charge in [0.1, 0.15) is 0 Å². The smallest absolute Gasteiger partial charge is 0.153 e. The molecular weight excluding hydrogens is 272 g/mol. The van der Waals surface area contributed by atoms with Crippen molar-refractivity contribution in [3.05, 3.63) is 24.3 Å². The van der Waals surface area contributed by atoms with Crippen LogP contribution in [0.25, 0.3) is 10.9 Å². The molecular formula is C15H21ClN4. The summed E-state index contributed by atoms with van der Waals surface area (Å²) in [5.41, 5.74) is 7.08. The lowest BCUT2D eigenvalue weighted by atomic mass is 10.1. The predicted octanol–water partition coefficient (Wildman–Crippen LogP) is 2.71. The maximum absolute atomic E-state index is 6.13. The first-order valence-corrected chi connectivity index (χ1v) is 7.75. The highest BCUT2D eigenvalue weighted by atomic mass is 35.5. The first-order valence-electron chi connectivity index (χ1n) is 7.31. The number of nitrogen functional groups attached to an aromatic ring is 1. The fraction of sp³-hybridized carbons (Fsp3) is 0.533. The quantitative estimate of drug-likeness (QED) is 0.882. The molecule has 0 aliphatic carbocycles. The summed E-state index contributed by atoms with van der Waals surface area (Å²) in [5.74, 6) is 0.628. The maximum Gasteiger partial charge on any atom is 0.153 e. The van der Waals surface area contributed by atoms with E-state index >= 15 is 0 Å². The third-order valence-electron chi connectivity index (χ3n) is 4.05. The van der Waals surface area contributed by atoms with E-state index in [1.165, 1.54) is 0 Å². The van der Waals surface area contributed by atoms with E-state index in [0.29, 0.717) is 11.2 Å². The van der Waals surface area contributed by atoms with Gasteiger partial charge in [-0.25, -0.2) is 0 Å². The number of likely N-dealkylation sites (tertiary alicyclic amines) is 1. The second-order valence-corrected chi connectivity index (χ2v) is 6.11. The standard InChI is InChI=1S/C15H21ClN4/c16-12-6-10-19(11-7-12)8-3-9-20-14-5-2-1-4-13(14)15(17)18-20/h1-2,4-5,12H,3,6-11H2,(H2,17,18). The lowest BCUT2D eigenvalue weighted by Crippen LogP contribution is -2.35. The second kappa shape index (κ2) is 6.02. The van der Waals surface area contributed by atoms with Gasteiger partial charge < -0.3 is 10.6 Å². The van der Waals surface area contributed by atoms with Gasteiger partial charge in [-0.2, -0.15) is 5.10 Å². The number of aryl methyl sites for hydroxylation is 1. The zero-order valence-electron chi connectivity index (χ0n) is 11.6. The molecule has 0 saturated carbocycles. The molecule has 1 aliphatic heterocycles. The molecule has 20 heavy (non-hydrogen) atoms. The van der Waals surface area contributed by atoms with Crippen LogP contribution in [0.4, 0.5) is 5.82 Å². The molecule has 1 aliphatic rings. The molecule has 2 N–H and O–H groups in total. The van der Waals surface area contributed by atoms with Crippen molar-refractivity contribution in [2.24, 2.45) is 0 Å². The lowest BCUT2D eigenvalue weighted by molar-refractivity contribution is 0.224. The van der Waals surface area contributed by atoms with Crippen molar-refractivity contribution in [1.29, 1.82) is 0 Å². The minimum Gasteiger partial charge on any atom is -0.382 e. The molecule has 5 heteroatoms. The Hall–Kier alpha value is -1.26. The lowest BCUT2D eigenvalue weighted by Gasteiger charge is -2.29. The first-order chi connectivity index (χ1) is 9.74. The van der Waals surface area contributed by atoms with E-state index in [2.05, 4.69) is 16.1 Å². The van der Waals surface area contributed by atoms with Crippen LogP contribution in [-0.4, -0.2) is 39.7 Å². The van der Waals surface area contributed by atoms with Crippen molar-refractivity contribution in [2.75, 3.05) is 25.4 Å². The van der Waals surface area contributed by atoms with Gasteiger partial charge in [-0.05, 0) is 51.0 Å². The van der Waals surface area contributed by atoms with Crippen molar-refractivity contribution < 1.29 is 0 Å². The Labute approximate surface area is 124 Å². The molecule has 4 nitrogen and oxygen atoms in total. The summed E-state index contributed by atoms with van der Waals surface area (Å²) < 4.78 is 2.03. The molecule has 1 aromatic heterocycles. The van der Waals surface area contributed by atoms with Crippen LogP contribution in [0, 0.1) is 0 Å². The molecule has 0 unspecified atom stereocenters. The fourth-order valence-electron chi connectivity index (χ4n) is 2.89. The van der Waals surface area contributed by atoms with E-state index in [-0.39, 0.29) is 0 Å². The van der Waals surface area contributed by atoms with Crippen molar-refractivity contribution in [3.63, 3.8) is 0 Å². The number of benzene rings is 1. The van der Waals surface area contributed by atoms with Crippen LogP contribution in [0.15, 0.2) is 24.3 Å². The Morgan fingerprint density at radius 3 is 2.75 bits per heavy atom. The number of nitrogens with two attached hydrogens (primary N) is 1. The molecule has 0 bridgehead atoms. The molecule has 2 aromatic rings. The molecule has 1 fully saturated rings. The average Bonchev–Trinajstić information content (AvgIpc) is 2.79. The molecule has 2 heterocycles. The highest BCUT2D eigenvalue weighted by molar-refractivity contribution is 6.20. The predicted molar refractivity (Wildman–Crippen MR) is 84.1 cm³/mol. The van der Waals surface area contributed by atoms with E-state index < -0.39 is 0 Å². The number of hydrogen-bond donors (Lipinski definition) is 1. The second-order valence-electron chi connectivity index (χ2n) is 5.50. The Bertz CT molecular complexity index is 572. The summed E-state index contributed by atoms with van der Waals surface area (Å²) in [6.07, 6.45) is 3.32. The molecule has 0 radical (unpaired) electrons. The first kappa shape index (κ1) is 13.7. The summed E-state index contributed by atoms with van der Waals surface area (Å²) >= 11 is 6.13. The van der Waals surface area contributed by atoms with Gasteiger partial charge in [-0.15, -0.1) is 11.6 Å².